The van der Waals surface area contributed by atoms with Crippen LogP contribution < -0.4 is 0 Å². The number of thioether (sulfide) groups is 1. The zero-order chi connectivity index (χ0) is 24.9. The van der Waals surface area contributed by atoms with E-state index in [0.29, 0.717) is 24.2 Å². The molecule has 0 aliphatic carbocycles. The van der Waals surface area contributed by atoms with Gasteiger partial charge in [-0.05, 0) is 55.7 Å². The van der Waals surface area contributed by atoms with E-state index in [-0.39, 0.29) is 22.9 Å². The molecule has 3 amide bonds. The number of nitrogens with zero attached hydrogens (tertiary/aromatic N) is 4. The van der Waals surface area contributed by atoms with Crippen molar-refractivity contribution in [1.29, 1.82) is 0 Å². The van der Waals surface area contributed by atoms with E-state index in [9.17, 15) is 18.8 Å². The molecule has 0 aromatic heterocycles. The molecule has 2 aliphatic heterocycles. The van der Waals surface area contributed by atoms with Gasteiger partial charge in [0.1, 0.15) is 5.82 Å². The molecule has 2 fully saturated rings. The lowest BCUT2D eigenvalue weighted by Crippen LogP contribution is -2.49. The van der Waals surface area contributed by atoms with Crippen LogP contribution in [0.2, 0.25) is 0 Å². The quantitative estimate of drug-likeness (QED) is 0.548. The van der Waals surface area contributed by atoms with Gasteiger partial charge in [0.2, 0.25) is 0 Å². The van der Waals surface area contributed by atoms with Crippen LogP contribution in [-0.2, 0) is 11.3 Å². The van der Waals surface area contributed by atoms with Gasteiger partial charge < -0.3 is 9.80 Å². The van der Waals surface area contributed by atoms with Gasteiger partial charge in [0.25, 0.3) is 17.1 Å². The van der Waals surface area contributed by atoms with Crippen molar-refractivity contribution in [3.05, 3.63) is 75.9 Å². The molecule has 2 aromatic rings. The van der Waals surface area contributed by atoms with Crippen molar-refractivity contribution in [3.63, 3.8) is 0 Å². The predicted molar refractivity (Wildman–Crippen MR) is 135 cm³/mol. The topological polar surface area (TPSA) is 64.2 Å². The fraction of sp³-hybridized carbons (Fsp3) is 0.346. The van der Waals surface area contributed by atoms with Crippen molar-refractivity contribution >= 4 is 34.9 Å². The summed E-state index contributed by atoms with van der Waals surface area (Å²) in [6, 6.07) is 13.2. The highest BCUT2D eigenvalue weighted by Gasteiger charge is 2.35. The van der Waals surface area contributed by atoms with Crippen LogP contribution in [0.25, 0.3) is 6.08 Å². The van der Waals surface area contributed by atoms with E-state index in [2.05, 4.69) is 23.9 Å². The molecule has 2 heterocycles. The highest BCUT2D eigenvalue weighted by Crippen LogP contribution is 2.33. The summed E-state index contributed by atoms with van der Waals surface area (Å²) in [4.78, 5) is 46.0. The Morgan fingerprint density at radius 3 is 2.51 bits per heavy atom. The number of imide groups is 1. The molecule has 0 N–H and O–H groups in total. The first kappa shape index (κ1) is 25.1. The van der Waals surface area contributed by atoms with Gasteiger partial charge >= 0.3 is 0 Å². The number of hydrogen-bond acceptors (Lipinski definition) is 6. The molecule has 0 atom stereocenters. The highest BCUT2D eigenvalue weighted by molar-refractivity contribution is 8.18. The van der Waals surface area contributed by atoms with Crippen LogP contribution in [-0.4, -0.2) is 90.0 Å². The molecule has 0 spiro atoms. The monoisotopic (exact) mass is 496 g/mol. The van der Waals surface area contributed by atoms with Gasteiger partial charge in [0.15, 0.2) is 0 Å². The van der Waals surface area contributed by atoms with Crippen molar-refractivity contribution in [2.24, 2.45) is 0 Å². The summed E-state index contributed by atoms with van der Waals surface area (Å²) in [7, 11) is 4.10. The smallest absolute Gasteiger partial charge is 0.293 e. The first-order valence-corrected chi connectivity index (χ1v) is 12.4. The van der Waals surface area contributed by atoms with E-state index in [1.54, 1.807) is 48.5 Å². The Morgan fingerprint density at radius 2 is 1.80 bits per heavy atom. The fourth-order valence-electron chi connectivity index (χ4n) is 4.04. The molecule has 4 rings (SSSR count). The molecule has 0 radical (unpaired) electrons. The van der Waals surface area contributed by atoms with E-state index in [0.717, 1.165) is 42.8 Å². The van der Waals surface area contributed by atoms with Crippen molar-refractivity contribution in [2.75, 3.05) is 53.4 Å². The minimum Gasteiger partial charge on any atom is -0.336 e. The Hall–Kier alpha value is -3.01. The van der Waals surface area contributed by atoms with Gasteiger partial charge in [0.05, 0.1) is 11.4 Å². The SMILES string of the molecule is CN(C)CCN1CCN(C(=O)c2cccc(/C=C3\SC(=O)N(Cc4ccccc4F)C3=O)c2)CC1. The van der Waals surface area contributed by atoms with Gasteiger partial charge in [-0.1, -0.05) is 30.3 Å². The van der Waals surface area contributed by atoms with E-state index in [1.807, 2.05) is 4.90 Å². The molecule has 7 nitrogen and oxygen atoms in total. The molecule has 35 heavy (non-hydrogen) atoms. The zero-order valence-corrected chi connectivity index (χ0v) is 20.8. The maximum Gasteiger partial charge on any atom is 0.293 e. The van der Waals surface area contributed by atoms with Crippen LogP contribution >= 0.6 is 11.8 Å². The van der Waals surface area contributed by atoms with Gasteiger partial charge in [-0.25, -0.2) is 4.39 Å². The van der Waals surface area contributed by atoms with Gasteiger partial charge in [-0.2, -0.15) is 0 Å². The second-order valence-corrected chi connectivity index (χ2v) is 9.92. The number of piperazine rings is 1. The Kier molecular flexibility index (Phi) is 8.00. The van der Waals surface area contributed by atoms with Crippen LogP contribution in [0.4, 0.5) is 9.18 Å². The molecule has 0 bridgehead atoms. The average molecular weight is 497 g/mol. The number of halogens is 1. The van der Waals surface area contributed by atoms with E-state index in [4.69, 9.17) is 0 Å². The summed E-state index contributed by atoms with van der Waals surface area (Å²) < 4.78 is 14.0. The Balaban J connectivity index is 1.41. The van der Waals surface area contributed by atoms with Crippen LogP contribution in [0.5, 0.6) is 0 Å². The standard InChI is InChI=1S/C26H29FN4O3S/c1-28(2)10-11-29-12-14-30(15-13-29)24(32)20-8-5-6-19(16-20)17-23-25(33)31(26(34)35-23)18-21-7-3-4-9-22(21)27/h3-9,16-17H,10-15,18H2,1-2H3/b23-17-. The third kappa shape index (κ3) is 6.17. The lowest BCUT2D eigenvalue weighted by atomic mass is 10.1. The Labute approximate surface area is 209 Å². The van der Waals surface area contributed by atoms with Crippen LogP contribution in [0.15, 0.2) is 53.4 Å². The van der Waals surface area contributed by atoms with Crippen LogP contribution in [0, 0.1) is 5.82 Å². The number of rotatable bonds is 7. The summed E-state index contributed by atoms with van der Waals surface area (Å²) in [5.74, 6) is -0.964. The highest BCUT2D eigenvalue weighted by atomic mass is 32.2. The lowest BCUT2D eigenvalue weighted by Gasteiger charge is -2.35. The van der Waals surface area contributed by atoms with Crippen LogP contribution in [0.1, 0.15) is 21.5 Å². The lowest BCUT2D eigenvalue weighted by molar-refractivity contribution is -0.123. The Morgan fingerprint density at radius 1 is 1.06 bits per heavy atom. The summed E-state index contributed by atoms with van der Waals surface area (Å²) in [5, 5.41) is -0.441. The number of benzene rings is 2. The van der Waals surface area contributed by atoms with E-state index < -0.39 is 17.0 Å². The number of carbonyl (C=O) groups is 3. The molecule has 9 heteroatoms. The zero-order valence-electron chi connectivity index (χ0n) is 19.9. The van der Waals surface area contributed by atoms with E-state index in [1.165, 1.54) is 6.07 Å². The first-order chi connectivity index (χ1) is 16.8. The predicted octanol–water partition coefficient (Wildman–Crippen LogP) is 3.38. The van der Waals surface area contributed by atoms with Gasteiger partial charge in [-0.15, -0.1) is 0 Å². The van der Waals surface area contributed by atoms with Crippen LogP contribution in [0.3, 0.4) is 0 Å². The number of hydrogen-bond donors (Lipinski definition) is 0. The maximum atomic E-state index is 14.0. The Bertz CT molecular complexity index is 1140. The summed E-state index contributed by atoms with van der Waals surface area (Å²) in [5.41, 5.74) is 1.49. The molecular formula is C26H29FN4O3S. The van der Waals surface area contributed by atoms with Crippen molar-refractivity contribution in [3.8, 4) is 0 Å². The normalized spacial score (nSPS) is 18.2. The van der Waals surface area contributed by atoms with Crippen molar-refractivity contribution < 1.29 is 18.8 Å². The summed E-state index contributed by atoms with van der Waals surface area (Å²) in [6.45, 7) is 4.88. The minimum absolute atomic E-state index is 0.0415. The van der Waals surface area contributed by atoms with Crippen molar-refractivity contribution in [1.82, 2.24) is 19.6 Å². The largest absolute Gasteiger partial charge is 0.336 e. The number of carbonyl (C=O) groups excluding carboxylic acids is 3. The second kappa shape index (κ2) is 11.2. The first-order valence-electron chi connectivity index (χ1n) is 11.6. The third-order valence-electron chi connectivity index (χ3n) is 6.11. The molecule has 0 saturated carbocycles. The minimum atomic E-state index is -0.464. The molecule has 2 aromatic carbocycles. The molecule has 2 saturated heterocycles. The van der Waals surface area contributed by atoms with Gasteiger partial charge in [-0.3, -0.25) is 24.2 Å². The summed E-state index contributed by atoms with van der Waals surface area (Å²) in [6.07, 6.45) is 1.61. The molecule has 2 aliphatic rings. The fourth-order valence-corrected chi connectivity index (χ4v) is 4.88. The molecule has 184 valence electrons. The van der Waals surface area contributed by atoms with E-state index >= 15 is 0 Å². The molecular weight excluding hydrogens is 467 g/mol. The number of amides is 3. The average Bonchev–Trinajstić information content (AvgIpc) is 3.11. The van der Waals surface area contributed by atoms with Gasteiger partial charge in [0, 0.05) is 50.4 Å². The van der Waals surface area contributed by atoms with Crippen molar-refractivity contribution in [2.45, 2.75) is 6.54 Å². The maximum absolute atomic E-state index is 14.0. The molecule has 0 unspecified atom stereocenters. The number of likely N-dealkylation sites (N-methyl/N-ethyl adjacent to an activating group) is 1. The second-order valence-electron chi connectivity index (χ2n) is 8.92. The summed E-state index contributed by atoms with van der Waals surface area (Å²) >= 11 is 0.823. The third-order valence-corrected chi connectivity index (χ3v) is 7.02.